The van der Waals surface area contributed by atoms with Gasteiger partial charge in [-0.1, -0.05) is 31.7 Å². The molecule has 2 aromatic rings. The van der Waals surface area contributed by atoms with Gasteiger partial charge in [0.2, 0.25) is 0 Å². The molecule has 1 aliphatic carbocycles. The molecule has 1 saturated carbocycles. The van der Waals surface area contributed by atoms with E-state index in [2.05, 4.69) is 15.7 Å². The molecule has 146 valence electrons. The number of aromatic nitrogens is 2. The topological polar surface area (TPSA) is 76.0 Å². The molecule has 2 N–H and O–H groups in total. The molecule has 3 rings (SSSR count). The summed E-state index contributed by atoms with van der Waals surface area (Å²) in [5, 5.41) is 12.3. The number of carbonyl (C=O) groups excluding carboxylic acids is 2. The summed E-state index contributed by atoms with van der Waals surface area (Å²) in [4.78, 5) is 25.7. The molecule has 2 aromatic heterocycles. The molecule has 27 heavy (non-hydrogen) atoms. The lowest BCUT2D eigenvalue weighted by Crippen LogP contribution is -2.45. The predicted octanol–water partition coefficient (Wildman–Crippen LogP) is 3.11. The lowest BCUT2D eigenvalue weighted by molar-refractivity contribution is -0.139. The van der Waals surface area contributed by atoms with Gasteiger partial charge in [0.15, 0.2) is 0 Å². The summed E-state index contributed by atoms with van der Waals surface area (Å²) < 4.78 is 1.92. The van der Waals surface area contributed by atoms with E-state index in [-0.39, 0.29) is 12.1 Å². The van der Waals surface area contributed by atoms with Crippen LogP contribution in [0.5, 0.6) is 0 Å². The van der Waals surface area contributed by atoms with Crippen molar-refractivity contribution in [3.63, 3.8) is 0 Å². The van der Waals surface area contributed by atoms with E-state index in [1.807, 2.05) is 42.1 Å². The lowest BCUT2D eigenvalue weighted by atomic mass is 10.1. The van der Waals surface area contributed by atoms with Gasteiger partial charge in [-0.2, -0.15) is 5.10 Å². The van der Waals surface area contributed by atoms with Crippen molar-refractivity contribution >= 4 is 23.2 Å². The van der Waals surface area contributed by atoms with Gasteiger partial charge >= 0.3 is 11.8 Å². The Kier molecular flexibility index (Phi) is 6.66. The summed E-state index contributed by atoms with van der Waals surface area (Å²) in [5.41, 5.74) is 1.97. The maximum absolute atomic E-state index is 12.3. The molecule has 0 aromatic carbocycles. The summed E-state index contributed by atoms with van der Waals surface area (Å²) in [6, 6.07) is 6.03. The Bertz CT molecular complexity index is 761. The quantitative estimate of drug-likeness (QED) is 0.610. The Morgan fingerprint density at radius 2 is 1.96 bits per heavy atom. The number of thiophene rings is 1. The van der Waals surface area contributed by atoms with Gasteiger partial charge in [-0.15, -0.1) is 11.3 Å². The van der Waals surface area contributed by atoms with Gasteiger partial charge in [0.1, 0.15) is 6.04 Å². The van der Waals surface area contributed by atoms with Gasteiger partial charge in [0.25, 0.3) is 0 Å². The molecule has 1 fully saturated rings. The van der Waals surface area contributed by atoms with Gasteiger partial charge in [0.05, 0.1) is 5.69 Å². The lowest BCUT2D eigenvalue weighted by Gasteiger charge is -2.20. The summed E-state index contributed by atoms with van der Waals surface area (Å²) in [5.74, 6) is -1.09. The van der Waals surface area contributed by atoms with Gasteiger partial charge in [0, 0.05) is 23.2 Å². The summed E-state index contributed by atoms with van der Waals surface area (Å²) in [7, 11) is 0. The fourth-order valence-corrected chi connectivity index (χ4v) is 4.51. The molecule has 6 nitrogen and oxygen atoms in total. The highest BCUT2D eigenvalue weighted by Gasteiger charge is 2.23. The highest BCUT2D eigenvalue weighted by atomic mass is 32.1. The van der Waals surface area contributed by atoms with E-state index in [9.17, 15) is 9.59 Å². The Morgan fingerprint density at radius 3 is 2.56 bits per heavy atom. The van der Waals surface area contributed by atoms with Crippen LogP contribution in [0.3, 0.4) is 0 Å². The van der Waals surface area contributed by atoms with Crippen molar-refractivity contribution < 1.29 is 9.59 Å². The molecule has 2 heterocycles. The number of nitrogens with one attached hydrogen (secondary N) is 2. The molecule has 0 radical (unpaired) electrons. The van der Waals surface area contributed by atoms with Crippen LogP contribution in [-0.4, -0.2) is 34.2 Å². The largest absolute Gasteiger partial charge is 0.345 e. The highest BCUT2D eigenvalue weighted by Crippen LogP contribution is 2.24. The first-order valence-electron chi connectivity index (χ1n) is 9.69. The Balaban J connectivity index is 1.62. The van der Waals surface area contributed by atoms with Crippen LogP contribution in [0.1, 0.15) is 60.8 Å². The number of carbonyl (C=O) groups is 2. The van der Waals surface area contributed by atoms with Gasteiger partial charge in [-0.05, 0) is 44.2 Å². The highest BCUT2D eigenvalue weighted by molar-refractivity contribution is 7.10. The Morgan fingerprint density at radius 1 is 1.22 bits per heavy atom. The Labute approximate surface area is 164 Å². The molecule has 0 saturated heterocycles. The zero-order chi connectivity index (χ0) is 19.2. The maximum atomic E-state index is 12.3. The predicted molar refractivity (Wildman–Crippen MR) is 107 cm³/mol. The normalized spacial score (nSPS) is 16.5. The average Bonchev–Trinajstić information content (AvgIpc) is 3.20. The maximum Gasteiger partial charge on any atom is 0.309 e. The van der Waals surface area contributed by atoms with Crippen LogP contribution in [-0.2, 0) is 9.59 Å². The SMILES string of the molecule is Cc1cc(C)n(C(CNC(=O)C(=O)NC2CCCCCC2)c2cccs2)n1. The van der Waals surface area contributed by atoms with Crippen molar-refractivity contribution in [2.75, 3.05) is 6.54 Å². The van der Waals surface area contributed by atoms with E-state index in [0.29, 0.717) is 6.54 Å². The van der Waals surface area contributed by atoms with Gasteiger partial charge < -0.3 is 10.6 Å². The van der Waals surface area contributed by atoms with Crippen molar-refractivity contribution in [1.29, 1.82) is 0 Å². The van der Waals surface area contributed by atoms with E-state index in [4.69, 9.17) is 0 Å². The number of nitrogens with zero attached hydrogens (tertiary/aromatic N) is 2. The van der Waals surface area contributed by atoms with Crippen LogP contribution < -0.4 is 10.6 Å². The fourth-order valence-electron chi connectivity index (χ4n) is 3.69. The second-order valence-corrected chi connectivity index (χ2v) is 8.25. The zero-order valence-corrected chi connectivity index (χ0v) is 16.8. The second kappa shape index (κ2) is 9.17. The molecule has 1 unspecified atom stereocenters. The van der Waals surface area contributed by atoms with E-state index < -0.39 is 11.8 Å². The van der Waals surface area contributed by atoms with E-state index >= 15 is 0 Å². The van der Waals surface area contributed by atoms with Gasteiger partial charge in [-0.3, -0.25) is 14.3 Å². The molecule has 1 aliphatic rings. The molecular formula is C20H28N4O2S. The number of hydrogen-bond acceptors (Lipinski definition) is 4. The van der Waals surface area contributed by atoms with Crippen molar-refractivity contribution in [2.24, 2.45) is 0 Å². The number of hydrogen-bond donors (Lipinski definition) is 2. The molecule has 0 aliphatic heterocycles. The molecule has 0 spiro atoms. The van der Waals surface area contributed by atoms with Crippen LogP contribution in [0, 0.1) is 13.8 Å². The second-order valence-electron chi connectivity index (χ2n) is 7.27. The van der Waals surface area contributed by atoms with E-state index in [1.54, 1.807) is 11.3 Å². The van der Waals surface area contributed by atoms with Crippen molar-refractivity contribution in [3.8, 4) is 0 Å². The Hall–Kier alpha value is -2.15. The summed E-state index contributed by atoms with van der Waals surface area (Å²) >= 11 is 1.62. The summed E-state index contributed by atoms with van der Waals surface area (Å²) in [6.45, 7) is 4.29. The van der Waals surface area contributed by atoms with Crippen LogP contribution in [0.4, 0.5) is 0 Å². The van der Waals surface area contributed by atoms with Crippen LogP contribution >= 0.6 is 11.3 Å². The molecule has 0 bridgehead atoms. The summed E-state index contributed by atoms with van der Waals surface area (Å²) in [6.07, 6.45) is 6.58. The third kappa shape index (κ3) is 5.19. The fraction of sp³-hybridized carbons (Fsp3) is 0.550. The van der Waals surface area contributed by atoms with Crippen LogP contribution in [0.15, 0.2) is 23.6 Å². The van der Waals surface area contributed by atoms with Crippen molar-refractivity contribution in [3.05, 3.63) is 39.8 Å². The molecule has 1 atom stereocenters. The first kappa shape index (κ1) is 19.6. The minimum Gasteiger partial charge on any atom is -0.345 e. The average molecular weight is 389 g/mol. The van der Waals surface area contributed by atoms with Crippen LogP contribution in [0.2, 0.25) is 0 Å². The number of aryl methyl sites for hydroxylation is 2. The standard InChI is InChI=1S/C20H28N4O2S/c1-14-12-15(2)24(23-14)17(18-10-7-11-27-18)13-21-19(25)20(26)22-16-8-5-3-4-6-9-16/h7,10-12,16-17H,3-6,8-9,13H2,1-2H3,(H,21,25)(H,22,26). The third-order valence-electron chi connectivity index (χ3n) is 5.06. The molecular weight excluding hydrogens is 360 g/mol. The number of rotatable bonds is 5. The van der Waals surface area contributed by atoms with Crippen molar-refractivity contribution in [2.45, 2.75) is 64.5 Å². The molecule has 7 heteroatoms. The monoisotopic (exact) mass is 388 g/mol. The number of amides is 2. The van der Waals surface area contributed by atoms with E-state index in [0.717, 1.165) is 41.9 Å². The first-order valence-corrected chi connectivity index (χ1v) is 10.6. The van der Waals surface area contributed by atoms with Crippen LogP contribution in [0.25, 0.3) is 0 Å². The third-order valence-corrected chi connectivity index (χ3v) is 6.04. The van der Waals surface area contributed by atoms with Gasteiger partial charge in [-0.25, -0.2) is 0 Å². The first-order chi connectivity index (χ1) is 13.0. The minimum atomic E-state index is -0.567. The zero-order valence-electron chi connectivity index (χ0n) is 16.0. The molecule has 2 amide bonds. The van der Waals surface area contributed by atoms with Crippen molar-refractivity contribution in [1.82, 2.24) is 20.4 Å². The van der Waals surface area contributed by atoms with E-state index in [1.165, 1.54) is 12.8 Å². The minimum absolute atomic E-state index is 0.117. The smallest absolute Gasteiger partial charge is 0.309 e.